The number of amides is 2. The van der Waals surface area contributed by atoms with Gasteiger partial charge in [-0.1, -0.05) is 30.3 Å². The molecule has 0 saturated carbocycles. The summed E-state index contributed by atoms with van der Waals surface area (Å²) in [5, 5.41) is 5.35. The van der Waals surface area contributed by atoms with Gasteiger partial charge in [-0.2, -0.15) is 0 Å². The van der Waals surface area contributed by atoms with Gasteiger partial charge in [0.25, 0.3) is 0 Å². The molecule has 7 nitrogen and oxygen atoms in total. The standard InChI is InChI=1S/C20H30N2O5/c1-20(2,3)27-19(24)22-12-14-26-16-15-25-13-11-21-18(23)10-9-17-7-5-4-6-8-17/h4-10H,11-16H2,1-3H3,(H,21,23)(H,22,24)/b10-9+. The van der Waals surface area contributed by atoms with Crippen molar-refractivity contribution in [3.63, 3.8) is 0 Å². The van der Waals surface area contributed by atoms with Gasteiger partial charge in [0, 0.05) is 19.2 Å². The van der Waals surface area contributed by atoms with E-state index in [1.807, 2.05) is 51.1 Å². The minimum atomic E-state index is -0.508. The fraction of sp³-hybridized carbons (Fsp3) is 0.500. The first-order valence-corrected chi connectivity index (χ1v) is 9.00. The lowest BCUT2D eigenvalue weighted by Gasteiger charge is -2.19. The predicted octanol–water partition coefficient (Wildman–Crippen LogP) is 2.37. The van der Waals surface area contributed by atoms with Gasteiger partial charge in [-0.15, -0.1) is 0 Å². The summed E-state index contributed by atoms with van der Waals surface area (Å²) in [6.07, 6.45) is 2.80. The number of carbonyl (C=O) groups is 2. The topological polar surface area (TPSA) is 85.9 Å². The van der Waals surface area contributed by atoms with Crippen LogP contribution in [0.25, 0.3) is 6.08 Å². The highest BCUT2D eigenvalue weighted by atomic mass is 16.6. The summed E-state index contributed by atoms with van der Waals surface area (Å²) in [5.41, 5.74) is 0.466. The number of hydrogen-bond acceptors (Lipinski definition) is 5. The lowest BCUT2D eigenvalue weighted by Crippen LogP contribution is -2.34. The van der Waals surface area contributed by atoms with Crippen LogP contribution in [0.5, 0.6) is 0 Å². The molecule has 1 rings (SSSR count). The molecule has 27 heavy (non-hydrogen) atoms. The van der Waals surface area contributed by atoms with Gasteiger partial charge in [0.05, 0.1) is 26.4 Å². The fourth-order valence-electron chi connectivity index (χ4n) is 1.90. The molecular formula is C20H30N2O5. The first-order chi connectivity index (χ1) is 12.9. The van der Waals surface area contributed by atoms with E-state index in [0.29, 0.717) is 39.5 Å². The maximum atomic E-state index is 11.6. The summed E-state index contributed by atoms with van der Waals surface area (Å²) < 4.78 is 15.8. The summed E-state index contributed by atoms with van der Waals surface area (Å²) >= 11 is 0. The third-order valence-electron chi connectivity index (χ3n) is 3.06. The van der Waals surface area contributed by atoms with E-state index in [1.165, 1.54) is 6.08 Å². The molecule has 0 radical (unpaired) electrons. The Balaban J connectivity index is 1.92. The van der Waals surface area contributed by atoms with Crippen molar-refractivity contribution in [2.75, 3.05) is 39.5 Å². The van der Waals surface area contributed by atoms with Crippen LogP contribution in [0.3, 0.4) is 0 Å². The SMILES string of the molecule is CC(C)(C)OC(=O)NCCOCCOCCNC(=O)/C=C/c1ccccc1. The second-order valence-electron chi connectivity index (χ2n) is 6.69. The van der Waals surface area contributed by atoms with Crippen LogP contribution in [0, 0.1) is 0 Å². The van der Waals surface area contributed by atoms with Gasteiger partial charge in [0.2, 0.25) is 5.91 Å². The molecule has 0 aliphatic heterocycles. The lowest BCUT2D eigenvalue weighted by molar-refractivity contribution is -0.116. The van der Waals surface area contributed by atoms with Crippen LogP contribution in [0.1, 0.15) is 26.3 Å². The quantitative estimate of drug-likeness (QED) is 0.456. The molecule has 0 spiro atoms. The van der Waals surface area contributed by atoms with E-state index >= 15 is 0 Å². The number of alkyl carbamates (subject to hydrolysis) is 1. The van der Waals surface area contributed by atoms with Crippen LogP contribution in [0.15, 0.2) is 36.4 Å². The fourth-order valence-corrected chi connectivity index (χ4v) is 1.90. The molecule has 0 atom stereocenters. The molecule has 0 unspecified atom stereocenters. The third-order valence-corrected chi connectivity index (χ3v) is 3.06. The maximum Gasteiger partial charge on any atom is 0.407 e. The van der Waals surface area contributed by atoms with Crippen LogP contribution in [-0.4, -0.2) is 57.1 Å². The number of benzene rings is 1. The Morgan fingerprint density at radius 3 is 2.11 bits per heavy atom. The minimum Gasteiger partial charge on any atom is -0.444 e. The number of ether oxygens (including phenoxy) is 3. The molecule has 1 aromatic carbocycles. The highest BCUT2D eigenvalue weighted by molar-refractivity contribution is 5.91. The first kappa shape index (κ1) is 22.7. The second kappa shape index (κ2) is 12.9. The number of rotatable bonds is 11. The summed E-state index contributed by atoms with van der Waals surface area (Å²) in [6, 6.07) is 9.62. The van der Waals surface area contributed by atoms with Crippen LogP contribution in [0.4, 0.5) is 4.79 Å². The van der Waals surface area contributed by atoms with E-state index < -0.39 is 11.7 Å². The maximum absolute atomic E-state index is 11.6. The molecule has 2 N–H and O–H groups in total. The van der Waals surface area contributed by atoms with Crippen molar-refractivity contribution in [2.24, 2.45) is 0 Å². The van der Waals surface area contributed by atoms with Gasteiger partial charge in [-0.05, 0) is 32.4 Å². The van der Waals surface area contributed by atoms with E-state index in [9.17, 15) is 9.59 Å². The third kappa shape index (κ3) is 13.5. The number of carbonyl (C=O) groups excluding carboxylic acids is 2. The average molecular weight is 378 g/mol. The highest BCUT2D eigenvalue weighted by Gasteiger charge is 2.15. The van der Waals surface area contributed by atoms with Gasteiger partial charge >= 0.3 is 6.09 Å². The Kier molecular flexibility index (Phi) is 10.8. The zero-order valence-electron chi connectivity index (χ0n) is 16.3. The van der Waals surface area contributed by atoms with Gasteiger partial charge in [-0.3, -0.25) is 4.79 Å². The molecule has 7 heteroatoms. The van der Waals surface area contributed by atoms with E-state index in [1.54, 1.807) is 6.08 Å². The van der Waals surface area contributed by atoms with Gasteiger partial charge in [0.15, 0.2) is 0 Å². The van der Waals surface area contributed by atoms with Crippen LogP contribution in [-0.2, 0) is 19.0 Å². The second-order valence-corrected chi connectivity index (χ2v) is 6.69. The highest BCUT2D eigenvalue weighted by Crippen LogP contribution is 2.06. The Hall–Kier alpha value is -2.38. The van der Waals surface area contributed by atoms with Crippen LogP contribution in [0.2, 0.25) is 0 Å². The van der Waals surface area contributed by atoms with Crippen molar-refractivity contribution in [3.05, 3.63) is 42.0 Å². The summed E-state index contributed by atoms with van der Waals surface area (Å²) in [4.78, 5) is 23.0. The zero-order valence-corrected chi connectivity index (χ0v) is 16.3. The van der Waals surface area contributed by atoms with E-state index in [4.69, 9.17) is 14.2 Å². The molecule has 0 bridgehead atoms. The van der Waals surface area contributed by atoms with Crippen molar-refractivity contribution < 1.29 is 23.8 Å². The van der Waals surface area contributed by atoms with Crippen molar-refractivity contribution >= 4 is 18.1 Å². The average Bonchev–Trinajstić information content (AvgIpc) is 2.61. The summed E-state index contributed by atoms with van der Waals surface area (Å²) in [7, 11) is 0. The minimum absolute atomic E-state index is 0.160. The molecule has 150 valence electrons. The summed E-state index contributed by atoms with van der Waals surface area (Å²) in [5.74, 6) is -0.160. The Morgan fingerprint density at radius 2 is 1.52 bits per heavy atom. The molecule has 1 aromatic rings. The van der Waals surface area contributed by atoms with Gasteiger partial charge in [0.1, 0.15) is 5.60 Å². The molecule has 0 aromatic heterocycles. The van der Waals surface area contributed by atoms with Crippen molar-refractivity contribution in [1.82, 2.24) is 10.6 Å². The van der Waals surface area contributed by atoms with E-state index in [-0.39, 0.29) is 5.91 Å². The Labute approximate surface area is 161 Å². The van der Waals surface area contributed by atoms with Crippen molar-refractivity contribution in [1.29, 1.82) is 0 Å². The van der Waals surface area contributed by atoms with Crippen molar-refractivity contribution in [2.45, 2.75) is 26.4 Å². The molecule has 0 aliphatic carbocycles. The molecular weight excluding hydrogens is 348 g/mol. The monoisotopic (exact) mass is 378 g/mol. The summed E-state index contributed by atoms with van der Waals surface area (Å²) in [6.45, 7) is 7.85. The smallest absolute Gasteiger partial charge is 0.407 e. The molecule has 2 amide bonds. The lowest BCUT2D eigenvalue weighted by atomic mass is 10.2. The molecule has 0 aliphatic rings. The van der Waals surface area contributed by atoms with Gasteiger partial charge in [-0.25, -0.2) is 4.79 Å². The number of hydrogen-bond donors (Lipinski definition) is 2. The molecule has 0 fully saturated rings. The molecule has 0 heterocycles. The molecule has 0 saturated heterocycles. The predicted molar refractivity (Wildman–Crippen MR) is 104 cm³/mol. The first-order valence-electron chi connectivity index (χ1n) is 9.00. The van der Waals surface area contributed by atoms with Crippen LogP contribution < -0.4 is 10.6 Å². The van der Waals surface area contributed by atoms with Crippen molar-refractivity contribution in [3.8, 4) is 0 Å². The van der Waals surface area contributed by atoms with Gasteiger partial charge < -0.3 is 24.8 Å². The zero-order chi connectivity index (χ0) is 20.0. The Bertz CT molecular complexity index is 582. The Morgan fingerprint density at radius 1 is 0.926 bits per heavy atom. The van der Waals surface area contributed by atoms with E-state index in [0.717, 1.165) is 5.56 Å². The normalized spacial score (nSPS) is 11.4. The number of nitrogens with one attached hydrogen (secondary N) is 2. The van der Waals surface area contributed by atoms with E-state index in [2.05, 4.69) is 10.6 Å². The largest absolute Gasteiger partial charge is 0.444 e. The van der Waals surface area contributed by atoms with Crippen LogP contribution >= 0.6 is 0 Å².